The summed E-state index contributed by atoms with van der Waals surface area (Å²) in [5.74, 6) is -1.06. The summed E-state index contributed by atoms with van der Waals surface area (Å²) < 4.78 is 4.84. The van der Waals surface area contributed by atoms with Crippen LogP contribution >= 0.6 is 24.0 Å². The summed E-state index contributed by atoms with van der Waals surface area (Å²) in [6.07, 6.45) is 5.91. The van der Waals surface area contributed by atoms with E-state index in [0.717, 1.165) is 13.0 Å². The van der Waals surface area contributed by atoms with Gasteiger partial charge < -0.3 is 39.9 Å². The lowest BCUT2D eigenvalue weighted by Crippen LogP contribution is -2.28. The summed E-state index contributed by atoms with van der Waals surface area (Å²) in [5.41, 5.74) is 2.44. The molecule has 0 atom stereocenters. The lowest BCUT2D eigenvalue weighted by Gasteiger charge is -2.10. The van der Waals surface area contributed by atoms with Gasteiger partial charge in [-0.1, -0.05) is 0 Å². The van der Waals surface area contributed by atoms with Crippen LogP contribution in [-0.4, -0.2) is 75.3 Å². The first-order valence-corrected chi connectivity index (χ1v) is 12.9. The van der Waals surface area contributed by atoms with E-state index in [1.54, 1.807) is 71.6 Å². The first-order chi connectivity index (χ1) is 18.5. The van der Waals surface area contributed by atoms with E-state index in [1.165, 1.54) is 0 Å². The number of hydrogen-bond donors (Lipinski definition) is 4. The summed E-state index contributed by atoms with van der Waals surface area (Å²) in [7, 11) is 9.07. The van der Waals surface area contributed by atoms with Crippen molar-refractivity contribution in [3.63, 3.8) is 0 Å². The molecule has 0 bridgehead atoms. The quantitative estimate of drug-likeness (QED) is 0.189. The van der Waals surface area contributed by atoms with Crippen LogP contribution in [0.5, 0.6) is 0 Å². The molecule has 4 amide bonds. The Morgan fingerprint density at radius 1 is 0.750 bits per heavy atom. The fraction of sp³-hybridized carbons (Fsp3) is 0.385. The maximum Gasteiger partial charge on any atom is 0.272 e. The second-order valence-electron chi connectivity index (χ2n) is 9.48. The van der Waals surface area contributed by atoms with E-state index in [2.05, 4.69) is 21.3 Å². The number of hydrogen-bond acceptors (Lipinski definition) is 5. The number of anilines is 3. The predicted octanol–water partition coefficient (Wildman–Crippen LogP) is 2.88. The zero-order valence-corrected chi connectivity index (χ0v) is 24.8. The number of nitrogens with zero attached hydrogens (tertiary/aromatic N) is 4. The highest BCUT2D eigenvalue weighted by Crippen LogP contribution is 2.19. The van der Waals surface area contributed by atoms with Crippen molar-refractivity contribution in [2.75, 3.05) is 49.0 Å². The zero-order chi connectivity index (χ0) is 28.7. The molecule has 218 valence electrons. The first-order valence-electron chi connectivity index (χ1n) is 12.4. The van der Waals surface area contributed by atoms with Gasteiger partial charge >= 0.3 is 0 Å². The molecule has 0 aliphatic rings. The van der Waals surface area contributed by atoms with E-state index < -0.39 is 11.8 Å². The Kier molecular flexibility index (Phi) is 11.8. The summed E-state index contributed by atoms with van der Waals surface area (Å²) in [6, 6.07) is 4.73. The number of carbonyl (C=O) groups is 4. The lowest BCUT2D eigenvalue weighted by atomic mass is 10.3. The van der Waals surface area contributed by atoms with Gasteiger partial charge in [0.15, 0.2) is 0 Å². The van der Waals surface area contributed by atoms with Gasteiger partial charge in [0.25, 0.3) is 17.7 Å². The molecule has 3 rings (SSSR count). The van der Waals surface area contributed by atoms with Gasteiger partial charge in [0.05, 0.1) is 17.1 Å². The molecule has 0 aromatic carbocycles. The van der Waals surface area contributed by atoms with Crippen LogP contribution in [0.1, 0.15) is 44.3 Å². The molecule has 4 N–H and O–H groups in total. The van der Waals surface area contributed by atoms with Crippen LogP contribution in [0.15, 0.2) is 36.8 Å². The number of carbonyl (C=O) groups excluding carboxylic acids is 4. The Morgan fingerprint density at radius 3 is 1.60 bits per heavy atom. The number of halogens is 2. The number of aryl methyl sites for hydroxylation is 3. The monoisotopic (exact) mass is 594 g/mol. The molecule has 3 aromatic heterocycles. The smallest absolute Gasteiger partial charge is 0.272 e. The molecule has 0 saturated carbocycles. The minimum Gasteiger partial charge on any atom is -0.351 e. The maximum absolute atomic E-state index is 13.0. The van der Waals surface area contributed by atoms with Crippen molar-refractivity contribution in [2.24, 2.45) is 21.1 Å². The standard InChI is InChI=1S/C26H35ClN8O4.ClH/c1-32(2)10-6-9-28-24(37)20-12-18(15-33(20)3)30-26(39)22-13-19(16-35(22)5)31-25(38)21-11-17(14-34(21)4)29-23(36)7-8-27;/h11-16H,6-10H2,1-5H3,(H,28,37)(H,29,36)(H,30,39)(H,31,38);1H. The van der Waals surface area contributed by atoms with Crippen LogP contribution in [-0.2, 0) is 25.9 Å². The van der Waals surface area contributed by atoms with E-state index in [9.17, 15) is 19.2 Å². The molecule has 0 spiro atoms. The summed E-state index contributed by atoms with van der Waals surface area (Å²) in [6.45, 7) is 1.42. The number of rotatable bonds is 12. The van der Waals surface area contributed by atoms with Crippen molar-refractivity contribution in [1.29, 1.82) is 0 Å². The topological polar surface area (TPSA) is 134 Å². The van der Waals surface area contributed by atoms with Crippen LogP contribution in [0.25, 0.3) is 0 Å². The number of amides is 4. The molecule has 3 heterocycles. The SMILES string of the molecule is CN(C)CCCNC(=O)c1cc(NC(=O)c2cc(NC(=O)c3cc(NC(=O)CCCl)cn3C)cn2C)cn1C.Cl. The third-order valence-corrected chi connectivity index (χ3v) is 6.09. The van der Waals surface area contributed by atoms with Gasteiger partial charge in [0, 0.05) is 58.6 Å². The second-order valence-corrected chi connectivity index (χ2v) is 9.86. The molecule has 0 aliphatic carbocycles. The minimum atomic E-state index is -0.405. The Morgan fingerprint density at radius 2 is 1.18 bits per heavy atom. The Hall–Kier alpha value is -3.74. The summed E-state index contributed by atoms with van der Waals surface area (Å²) in [4.78, 5) is 52.2. The minimum absolute atomic E-state index is 0. The Labute approximate surface area is 244 Å². The maximum atomic E-state index is 13.0. The van der Waals surface area contributed by atoms with Crippen molar-refractivity contribution >= 4 is 64.7 Å². The van der Waals surface area contributed by atoms with E-state index >= 15 is 0 Å². The number of alkyl halides is 1. The fourth-order valence-electron chi connectivity index (χ4n) is 3.96. The third kappa shape index (κ3) is 8.63. The van der Waals surface area contributed by atoms with Gasteiger partial charge in [-0.05, 0) is 45.3 Å². The number of nitrogens with one attached hydrogen (secondary N) is 4. The predicted molar refractivity (Wildman–Crippen MR) is 159 cm³/mol. The molecular formula is C26H36Cl2N8O4. The van der Waals surface area contributed by atoms with Crippen molar-refractivity contribution in [1.82, 2.24) is 23.9 Å². The molecular weight excluding hydrogens is 559 g/mol. The molecule has 14 heteroatoms. The second kappa shape index (κ2) is 14.6. The van der Waals surface area contributed by atoms with Gasteiger partial charge in [-0.3, -0.25) is 19.2 Å². The highest BCUT2D eigenvalue weighted by molar-refractivity contribution is 6.19. The van der Waals surface area contributed by atoms with Crippen molar-refractivity contribution in [3.05, 3.63) is 53.9 Å². The Balaban J connectivity index is 0.00000560. The fourth-order valence-corrected chi connectivity index (χ4v) is 4.13. The van der Waals surface area contributed by atoms with E-state index in [0.29, 0.717) is 40.7 Å². The first kappa shape index (κ1) is 32.5. The van der Waals surface area contributed by atoms with Crippen LogP contribution in [0.2, 0.25) is 0 Å². The molecule has 3 aromatic rings. The zero-order valence-electron chi connectivity index (χ0n) is 23.2. The summed E-state index contributed by atoms with van der Waals surface area (Å²) in [5, 5.41) is 11.2. The van der Waals surface area contributed by atoms with Gasteiger partial charge in [0.2, 0.25) is 5.91 Å². The van der Waals surface area contributed by atoms with Crippen LogP contribution < -0.4 is 21.3 Å². The Bertz CT molecular complexity index is 1360. The molecule has 0 saturated heterocycles. The van der Waals surface area contributed by atoms with E-state index in [-0.39, 0.29) is 36.5 Å². The highest BCUT2D eigenvalue weighted by Gasteiger charge is 2.18. The lowest BCUT2D eigenvalue weighted by molar-refractivity contribution is -0.115. The van der Waals surface area contributed by atoms with Crippen molar-refractivity contribution < 1.29 is 19.2 Å². The van der Waals surface area contributed by atoms with Gasteiger partial charge in [0.1, 0.15) is 17.1 Å². The van der Waals surface area contributed by atoms with Crippen LogP contribution in [0, 0.1) is 0 Å². The molecule has 0 aliphatic heterocycles. The van der Waals surface area contributed by atoms with Crippen LogP contribution in [0.3, 0.4) is 0 Å². The molecule has 12 nitrogen and oxygen atoms in total. The van der Waals surface area contributed by atoms with Gasteiger partial charge in [-0.2, -0.15) is 0 Å². The third-order valence-electron chi connectivity index (χ3n) is 5.90. The molecule has 40 heavy (non-hydrogen) atoms. The normalized spacial score (nSPS) is 10.7. The number of aromatic nitrogens is 3. The average Bonchev–Trinajstić information content (AvgIpc) is 3.52. The molecule has 0 unspecified atom stereocenters. The van der Waals surface area contributed by atoms with E-state index in [1.807, 2.05) is 19.0 Å². The average molecular weight is 596 g/mol. The molecule has 0 radical (unpaired) electrons. The van der Waals surface area contributed by atoms with Gasteiger partial charge in [-0.25, -0.2) is 0 Å². The van der Waals surface area contributed by atoms with Crippen molar-refractivity contribution in [3.8, 4) is 0 Å². The van der Waals surface area contributed by atoms with Gasteiger partial charge in [-0.15, -0.1) is 24.0 Å². The van der Waals surface area contributed by atoms with Crippen molar-refractivity contribution in [2.45, 2.75) is 12.8 Å². The summed E-state index contributed by atoms with van der Waals surface area (Å²) >= 11 is 5.59. The molecule has 0 fully saturated rings. The van der Waals surface area contributed by atoms with E-state index in [4.69, 9.17) is 11.6 Å². The van der Waals surface area contributed by atoms with Crippen LogP contribution in [0.4, 0.5) is 17.1 Å². The largest absolute Gasteiger partial charge is 0.351 e. The highest BCUT2D eigenvalue weighted by atomic mass is 35.5.